The van der Waals surface area contributed by atoms with Crippen LogP contribution in [0, 0.1) is 0 Å². The molecule has 1 unspecified atom stereocenters. The number of hydrogen-bond acceptors (Lipinski definition) is 6. The molecule has 0 saturated carbocycles. The maximum absolute atomic E-state index is 12.5. The maximum Gasteiger partial charge on any atom is 0.236 e. The zero-order chi connectivity index (χ0) is 17.8. The van der Waals surface area contributed by atoms with E-state index in [4.69, 9.17) is 0 Å². The van der Waals surface area contributed by atoms with Gasteiger partial charge in [0.15, 0.2) is 0 Å². The molecule has 1 fully saturated rings. The summed E-state index contributed by atoms with van der Waals surface area (Å²) < 4.78 is 0. The van der Waals surface area contributed by atoms with E-state index in [9.17, 15) is 4.79 Å². The Morgan fingerprint density at radius 1 is 1.36 bits per heavy atom. The first-order valence-corrected chi connectivity index (χ1v) is 8.48. The van der Waals surface area contributed by atoms with E-state index >= 15 is 0 Å². The van der Waals surface area contributed by atoms with Gasteiger partial charge < -0.3 is 9.80 Å². The number of likely N-dealkylation sites (tertiary alicyclic amines) is 1. The summed E-state index contributed by atoms with van der Waals surface area (Å²) in [6.07, 6.45) is 1.12. The highest BCUT2D eigenvalue weighted by Crippen LogP contribution is 2.17. The van der Waals surface area contributed by atoms with Crippen molar-refractivity contribution in [3.05, 3.63) is 29.8 Å². The van der Waals surface area contributed by atoms with E-state index in [-0.39, 0.29) is 5.91 Å². The summed E-state index contributed by atoms with van der Waals surface area (Å²) in [7, 11) is 6.04. The van der Waals surface area contributed by atoms with Crippen molar-refractivity contribution in [2.75, 3.05) is 40.8 Å². The number of carbonyl (C=O) groups excluding carboxylic acids is 1. The fraction of sp³-hybridized carbons (Fsp3) is 0.529. The molecule has 1 aromatic carbocycles. The van der Waals surface area contributed by atoms with Gasteiger partial charge in [0.2, 0.25) is 11.7 Å². The topological polar surface area (TPSA) is 81.2 Å². The molecule has 134 valence electrons. The first kappa shape index (κ1) is 17.5. The molecule has 1 aromatic heterocycles. The molecule has 8 heteroatoms. The number of rotatable bonds is 6. The molecule has 3 rings (SSSR count). The zero-order valence-electron chi connectivity index (χ0n) is 15.0. The van der Waals surface area contributed by atoms with Crippen molar-refractivity contribution < 1.29 is 4.79 Å². The Hall–Kier alpha value is -2.32. The molecule has 8 nitrogen and oxygen atoms in total. The molecule has 1 saturated heterocycles. The minimum Gasteiger partial charge on any atom is -0.340 e. The second-order valence-electron chi connectivity index (χ2n) is 6.83. The molecule has 1 aliphatic rings. The van der Waals surface area contributed by atoms with E-state index < -0.39 is 0 Å². The molecule has 1 amide bonds. The highest BCUT2D eigenvalue weighted by molar-refractivity contribution is 5.78. The Labute approximate surface area is 147 Å². The molecule has 2 heterocycles. The highest BCUT2D eigenvalue weighted by atomic mass is 16.2. The van der Waals surface area contributed by atoms with Crippen LogP contribution in [-0.4, -0.2) is 88.1 Å². The smallest absolute Gasteiger partial charge is 0.236 e. The van der Waals surface area contributed by atoms with Gasteiger partial charge in [0.25, 0.3) is 0 Å². The van der Waals surface area contributed by atoms with Crippen LogP contribution in [0.3, 0.4) is 0 Å². The average Bonchev–Trinajstić information content (AvgIpc) is 3.27. The molecular weight excluding hydrogens is 318 g/mol. The molecular formula is C17H25N7O. The van der Waals surface area contributed by atoms with Gasteiger partial charge in [-0.1, -0.05) is 18.2 Å². The molecule has 0 spiro atoms. The molecule has 25 heavy (non-hydrogen) atoms. The zero-order valence-corrected chi connectivity index (χ0v) is 15.0. The monoisotopic (exact) mass is 343 g/mol. The van der Waals surface area contributed by atoms with E-state index in [1.165, 1.54) is 0 Å². The summed E-state index contributed by atoms with van der Waals surface area (Å²) in [6.45, 7) is 2.98. The van der Waals surface area contributed by atoms with Crippen LogP contribution in [-0.2, 0) is 11.3 Å². The van der Waals surface area contributed by atoms with Gasteiger partial charge in [-0.05, 0) is 37.4 Å². The molecule has 0 radical (unpaired) electrons. The molecule has 1 aliphatic heterocycles. The number of nitrogens with zero attached hydrogens (tertiary/aromatic N) is 6. The third-order valence-electron chi connectivity index (χ3n) is 4.71. The SMILES string of the molecule is CN(Cc1cccc(-c2nn[nH]n2)c1)C(=O)CN1CCC(N(C)C)C1. The summed E-state index contributed by atoms with van der Waals surface area (Å²) in [6, 6.07) is 8.42. The van der Waals surface area contributed by atoms with Crippen LogP contribution in [0.1, 0.15) is 12.0 Å². The van der Waals surface area contributed by atoms with Crippen LogP contribution in [0.15, 0.2) is 24.3 Å². The minimum atomic E-state index is 0.143. The number of tetrazole rings is 1. The number of H-pyrrole nitrogens is 1. The fourth-order valence-electron chi connectivity index (χ4n) is 3.14. The second-order valence-corrected chi connectivity index (χ2v) is 6.83. The molecule has 1 N–H and O–H groups in total. The van der Waals surface area contributed by atoms with E-state index in [0.717, 1.165) is 30.6 Å². The fourth-order valence-corrected chi connectivity index (χ4v) is 3.14. The first-order valence-electron chi connectivity index (χ1n) is 8.48. The predicted octanol–water partition coefficient (Wildman–Crippen LogP) is 0.461. The van der Waals surface area contributed by atoms with Gasteiger partial charge in [-0.2, -0.15) is 5.21 Å². The van der Waals surface area contributed by atoms with Crippen molar-refractivity contribution >= 4 is 5.91 Å². The van der Waals surface area contributed by atoms with Crippen molar-refractivity contribution in [2.45, 2.75) is 19.0 Å². The highest BCUT2D eigenvalue weighted by Gasteiger charge is 2.26. The van der Waals surface area contributed by atoms with Crippen LogP contribution >= 0.6 is 0 Å². The number of carbonyl (C=O) groups is 1. The summed E-state index contributed by atoms with van der Waals surface area (Å²) in [4.78, 5) is 18.8. The lowest BCUT2D eigenvalue weighted by Crippen LogP contribution is -2.38. The van der Waals surface area contributed by atoms with Gasteiger partial charge in [-0.3, -0.25) is 9.69 Å². The van der Waals surface area contributed by atoms with Gasteiger partial charge in [0, 0.05) is 38.3 Å². The molecule has 0 aliphatic carbocycles. The summed E-state index contributed by atoms with van der Waals surface area (Å²) in [5, 5.41) is 14.0. The number of amides is 1. The van der Waals surface area contributed by atoms with Gasteiger partial charge in [0.1, 0.15) is 0 Å². The van der Waals surface area contributed by atoms with Gasteiger partial charge in [-0.15, -0.1) is 10.2 Å². The number of likely N-dealkylation sites (N-methyl/N-ethyl adjacent to an activating group) is 2. The Kier molecular flexibility index (Phi) is 5.40. The van der Waals surface area contributed by atoms with E-state index in [1.54, 1.807) is 4.90 Å². The van der Waals surface area contributed by atoms with Crippen LogP contribution in [0.2, 0.25) is 0 Å². The molecule has 1 atom stereocenters. The quantitative estimate of drug-likeness (QED) is 0.821. The standard InChI is InChI=1S/C17H25N7O/c1-22(2)15-7-8-24(11-15)12-16(25)23(3)10-13-5-4-6-14(9-13)17-18-20-21-19-17/h4-6,9,15H,7-8,10-12H2,1-3H3,(H,18,19,20,21). The normalized spacial score (nSPS) is 18.0. The third kappa shape index (κ3) is 4.40. The van der Waals surface area contributed by atoms with Gasteiger partial charge >= 0.3 is 0 Å². The first-order chi connectivity index (χ1) is 12.0. The van der Waals surface area contributed by atoms with E-state index in [1.807, 2.05) is 31.3 Å². The Balaban J connectivity index is 1.56. The number of aromatic nitrogens is 4. The van der Waals surface area contributed by atoms with Crippen LogP contribution in [0.25, 0.3) is 11.4 Å². The minimum absolute atomic E-state index is 0.143. The van der Waals surface area contributed by atoms with Gasteiger partial charge in [-0.25, -0.2) is 0 Å². The third-order valence-corrected chi connectivity index (χ3v) is 4.71. The largest absolute Gasteiger partial charge is 0.340 e. The summed E-state index contributed by atoms with van der Waals surface area (Å²) in [5.74, 6) is 0.701. The van der Waals surface area contributed by atoms with Crippen molar-refractivity contribution in [3.63, 3.8) is 0 Å². The van der Waals surface area contributed by atoms with Gasteiger partial charge in [0.05, 0.1) is 6.54 Å². The predicted molar refractivity (Wildman–Crippen MR) is 94.6 cm³/mol. The van der Waals surface area contributed by atoms with Crippen LogP contribution in [0.5, 0.6) is 0 Å². The Morgan fingerprint density at radius 2 is 2.20 bits per heavy atom. The second kappa shape index (κ2) is 7.71. The number of hydrogen-bond donors (Lipinski definition) is 1. The average molecular weight is 343 g/mol. The number of aromatic amines is 1. The Morgan fingerprint density at radius 3 is 2.88 bits per heavy atom. The lowest BCUT2D eigenvalue weighted by molar-refractivity contribution is -0.131. The van der Waals surface area contributed by atoms with E-state index in [0.29, 0.717) is 25.0 Å². The van der Waals surface area contributed by atoms with Crippen molar-refractivity contribution in [1.29, 1.82) is 0 Å². The Bertz CT molecular complexity index is 701. The number of nitrogens with one attached hydrogen (secondary N) is 1. The summed E-state index contributed by atoms with van der Waals surface area (Å²) >= 11 is 0. The summed E-state index contributed by atoms with van der Waals surface area (Å²) in [5.41, 5.74) is 1.94. The van der Waals surface area contributed by atoms with E-state index in [2.05, 4.69) is 44.5 Å². The lowest BCUT2D eigenvalue weighted by Gasteiger charge is -2.23. The molecule has 2 aromatic rings. The van der Waals surface area contributed by atoms with Crippen molar-refractivity contribution in [2.24, 2.45) is 0 Å². The number of benzene rings is 1. The lowest BCUT2D eigenvalue weighted by atomic mass is 10.1. The van der Waals surface area contributed by atoms with Crippen LogP contribution < -0.4 is 0 Å². The van der Waals surface area contributed by atoms with Crippen molar-refractivity contribution in [3.8, 4) is 11.4 Å². The van der Waals surface area contributed by atoms with Crippen molar-refractivity contribution in [1.82, 2.24) is 35.3 Å². The maximum atomic E-state index is 12.5. The molecule has 0 bridgehead atoms. The van der Waals surface area contributed by atoms with Crippen LogP contribution in [0.4, 0.5) is 0 Å².